The highest BCUT2D eigenvalue weighted by Gasteiger charge is 2.43. The molecule has 1 fully saturated rings. The number of likely N-dealkylation sites (tertiary alicyclic amines) is 1. The third-order valence-corrected chi connectivity index (χ3v) is 8.29. The van der Waals surface area contributed by atoms with Crippen LogP contribution in [-0.2, 0) is 12.0 Å². The van der Waals surface area contributed by atoms with Crippen LogP contribution >= 0.6 is 22.9 Å². The highest BCUT2D eigenvalue weighted by Crippen LogP contribution is 2.41. The summed E-state index contributed by atoms with van der Waals surface area (Å²) in [5, 5.41) is 6.44. The van der Waals surface area contributed by atoms with Crippen molar-refractivity contribution in [1.29, 1.82) is 0 Å². The predicted octanol–water partition coefficient (Wildman–Crippen LogP) is 6.63. The number of halogens is 2. The van der Waals surface area contributed by atoms with Crippen molar-refractivity contribution in [2.24, 2.45) is 5.41 Å². The number of hydrogen-bond acceptors (Lipinski definition) is 4. The third kappa shape index (κ3) is 6.40. The lowest BCUT2D eigenvalue weighted by atomic mass is 9.81. The number of anilines is 1. The molecule has 0 saturated carbocycles. The summed E-state index contributed by atoms with van der Waals surface area (Å²) < 4.78 is 13.6. The number of carbonyl (C=O) groups excluding carboxylic acids is 1. The van der Waals surface area contributed by atoms with Gasteiger partial charge in [-0.2, -0.15) is 4.39 Å². The van der Waals surface area contributed by atoms with Crippen LogP contribution in [0.2, 0.25) is 5.02 Å². The summed E-state index contributed by atoms with van der Waals surface area (Å²) in [5.41, 5.74) is 2.55. The zero-order chi connectivity index (χ0) is 25.1. The molecule has 3 aromatic rings. The molecule has 0 bridgehead atoms. The van der Waals surface area contributed by atoms with Gasteiger partial charge < -0.3 is 10.6 Å². The van der Waals surface area contributed by atoms with E-state index in [4.69, 9.17) is 11.6 Å². The summed E-state index contributed by atoms with van der Waals surface area (Å²) in [4.78, 5) is 20.7. The monoisotopic (exact) mass is 514 g/mol. The maximum absolute atomic E-state index is 13.6. The van der Waals surface area contributed by atoms with Crippen molar-refractivity contribution in [1.82, 2.24) is 15.2 Å². The average Bonchev–Trinajstić information content (AvgIpc) is 3.45. The zero-order valence-corrected chi connectivity index (χ0v) is 22.0. The Hall–Kier alpha value is -2.48. The number of aryl methyl sites for hydroxylation is 2. The van der Waals surface area contributed by atoms with Crippen LogP contribution in [0.25, 0.3) is 0 Å². The smallest absolute Gasteiger partial charge is 0.319 e. The molecule has 2 aromatic heterocycles. The van der Waals surface area contributed by atoms with Crippen LogP contribution in [0.15, 0.2) is 54.7 Å². The number of pyridine rings is 1. The van der Waals surface area contributed by atoms with Crippen molar-refractivity contribution in [2.45, 2.75) is 45.6 Å². The van der Waals surface area contributed by atoms with Gasteiger partial charge in [-0.1, -0.05) is 17.7 Å². The minimum absolute atomic E-state index is 0.118. The first-order valence-corrected chi connectivity index (χ1v) is 13.1. The summed E-state index contributed by atoms with van der Waals surface area (Å²) in [6.45, 7) is 8.74. The van der Waals surface area contributed by atoms with E-state index in [1.54, 1.807) is 24.3 Å². The Bertz CT molecular complexity index is 1150. The third-order valence-electron chi connectivity index (χ3n) is 7.10. The second-order valence-corrected chi connectivity index (χ2v) is 11.5. The van der Waals surface area contributed by atoms with Crippen LogP contribution in [0, 0.1) is 17.5 Å². The molecule has 0 spiro atoms. The molecule has 1 aliphatic heterocycles. The number of carbonyl (C=O) groups is 1. The molecule has 35 heavy (non-hydrogen) atoms. The van der Waals surface area contributed by atoms with Gasteiger partial charge in [0, 0.05) is 51.5 Å². The van der Waals surface area contributed by atoms with Gasteiger partial charge in [0.2, 0.25) is 0 Å². The van der Waals surface area contributed by atoms with Crippen LogP contribution in [-0.4, -0.2) is 35.5 Å². The molecule has 2 amide bonds. The summed E-state index contributed by atoms with van der Waals surface area (Å²) >= 11 is 7.15. The van der Waals surface area contributed by atoms with Crippen LogP contribution < -0.4 is 10.6 Å². The maximum atomic E-state index is 13.6. The van der Waals surface area contributed by atoms with Crippen molar-refractivity contribution in [3.8, 4) is 0 Å². The molecule has 2 N–H and O–H groups in total. The molecule has 0 aliphatic carbocycles. The Morgan fingerprint density at radius 1 is 1.20 bits per heavy atom. The minimum Gasteiger partial charge on any atom is -0.337 e. The zero-order valence-electron chi connectivity index (χ0n) is 20.4. The fourth-order valence-electron chi connectivity index (χ4n) is 4.71. The van der Waals surface area contributed by atoms with Crippen LogP contribution in [0.5, 0.6) is 0 Å². The first-order valence-electron chi connectivity index (χ1n) is 11.9. The van der Waals surface area contributed by atoms with Gasteiger partial charge in [0.05, 0.1) is 0 Å². The number of urea groups is 1. The van der Waals surface area contributed by atoms with Crippen molar-refractivity contribution in [3.05, 3.63) is 81.0 Å². The molecule has 1 atom stereocenters. The Kier molecular flexibility index (Phi) is 7.79. The molecule has 4 rings (SSSR count). The first kappa shape index (κ1) is 25.6. The summed E-state index contributed by atoms with van der Waals surface area (Å²) in [7, 11) is 0. The summed E-state index contributed by atoms with van der Waals surface area (Å²) in [6, 6.07) is 14.4. The first-order chi connectivity index (χ1) is 16.6. The second-order valence-electron chi connectivity index (χ2n) is 9.94. The van der Waals surface area contributed by atoms with E-state index >= 15 is 0 Å². The largest absolute Gasteiger partial charge is 0.337 e. The van der Waals surface area contributed by atoms with Gasteiger partial charge in [-0.05, 0) is 94.6 Å². The average molecular weight is 515 g/mol. The Balaban J connectivity index is 1.46. The lowest BCUT2D eigenvalue weighted by Gasteiger charge is -2.38. The lowest BCUT2D eigenvalue weighted by molar-refractivity contribution is 0.127. The van der Waals surface area contributed by atoms with Crippen molar-refractivity contribution < 1.29 is 9.18 Å². The quantitative estimate of drug-likeness (QED) is 0.355. The minimum atomic E-state index is -0.241. The summed E-state index contributed by atoms with van der Waals surface area (Å²) in [5.74, 6) is 0. The molecule has 1 aromatic carbocycles. The molecule has 3 heterocycles. The summed E-state index contributed by atoms with van der Waals surface area (Å²) in [6.07, 6.45) is 4.56. The number of benzene rings is 1. The van der Waals surface area contributed by atoms with E-state index in [2.05, 4.69) is 40.4 Å². The molecular formula is C27H32ClFN4OS. The number of thiophene rings is 1. The predicted molar refractivity (Wildman–Crippen MR) is 142 cm³/mol. The standard InChI is InChI=1S/C27H32ClFN4OS/c1-19-4-5-20(16-30-19)26(2,3)33-15-14-27(18-33,13-12-23-10-11-24(29)35-23)17-31-25(34)32-22-8-6-21(28)7-9-22/h4-11,16H,12-15,17-18H2,1-3H3,(H2,31,32,34)/t27-/m0/s1. The molecule has 8 heteroatoms. The van der Waals surface area contributed by atoms with Gasteiger partial charge in [0.15, 0.2) is 5.13 Å². The van der Waals surface area contributed by atoms with Crippen molar-refractivity contribution in [3.63, 3.8) is 0 Å². The molecule has 0 unspecified atom stereocenters. The van der Waals surface area contributed by atoms with Gasteiger partial charge in [0.1, 0.15) is 0 Å². The Morgan fingerprint density at radius 2 is 1.97 bits per heavy atom. The van der Waals surface area contributed by atoms with Gasteiger partial charge in [-0.3, -0.25) is 9.88 Å². The van der Waals surface area contributed by atoms with Gasteiger partial charge in [-0.15, -0.1) is 11.3 Å². The number of nitrogens with one attached hydrogen (secondary N) is 2. The van der Waals surface area contributed by atoms with E-state index in [0.717, 1.165) is 42.9 Å². The Morgan fingerprint density at radius 3 is 2.63 bits per heavy atom. The lowest BCUT2D eigenvalue weighted by Crippen LogP contribution is -2.45. The number of hydrogen-bond donors (Lipinski definition) is 2. The van der Waals surface area contributed by atoms with Crippen LogP contribution in [0.4, 0.5) is 14.9 Å². The highest BCUT2D eigenvalue weighted by molar-refractivity contribution is 7.10. The molecule has 5 nitrogen and oxygen atoms in total. The number of rotatable bonds is 8. The van der Waals surface area contributed by atoms with Crippen molar-refractivity contribution in [2.75, 3.05) is 25.0 Å². The second kappa shape index (κ2) is 10.6. The van der Waals surface area contributed by atoms with Crippen LogP contribution in [0.3, 0.4) is 0 Å². The molecule has 186 valence electrons. The molecule has 1 aliphatic rings. The molecule has 0 radical (unpaired) electrons. The molecule has 1 saturated heterocycles. The van der Waals surface area contributed by atoms with E-state index in [1.165, 1.54) is 23.0 Å². The SMILES string of the molecule is Cc1ccc(C(C)(C)N2CC[C@@](CCc3ccc(F)s3)(CNC(=O)Nc3ccc(Cl)cc3)C2)cn1. The number of aromatic nitrogens is 1. The normalized spacial score (nSPS) is 18.5. The fourth-order valence-corrected chi connectivity index (χ4v) is 5.56. The van der Waals surface area contributed by atoms with Gasteiger partial charge in [-0.25, -0.2) is 4.79 Å². The highest BCUT2D eigenvalue weighted by atomic mass is 35.5. The van der Waals surface area contributed by atoms with E-state index in [9.17, 15) is 9.18 Å². The van der Waals surface area contributed by atoms with Crippen LogP contribution in [0.1, 0.15) is 42.8 Å². The van der Waals surface area contributed by atoms with Gasteiger partial charge >= 0.3 is 6.03 Å². The Labute approximate surface area is 215 Å². The van der Waals surface area contributed by atoms with Crippen molar-refractivity contribution >= 4 is 34.7 Å². The van der Waals surface area contributed by atoms with E-state index in [1.807, 2.05) is 25.3 Å². The molecular weight excluding hydrogens is 483 g/mol. The topological polar surface area (TPSA) is 57.3 Å². The van der Waals surface area contributed by atoms with E-state index < -0.39 is 0 Å². The fraction of sp³-hybridized carbons (Fsp3) is 0.407. The number of amides is 2. The van der Waals surface area contributed by atoms with Gasteiger partial charge in [0.25, 0.3) is 0 Å². The number of nitrogens with zero attached hydrogens (tertiary/aromatic N) is 2. The van der Waals surface area contributed by atoms with E-state index in [-0.39, 0.29) is 22.1 Å². The van der Waals surface area contributed by atoms with E-state index in [0.29, 0.717) is 17.3 Å². The maximum Gasteiger partial charge on any atom is 0.319 e.